The minimum atomic E-state index is -6.09. The van der Waals surface area contributed by atoms with Gasteiger partial charge in [-0.05, 0) is 72.8 Å². The largest absolute Gasteiger partial charge is 0.741 e. The molecule has 0 spiro atoms. The Morgan fingerprint density at radius 2 is 0.833 bits per heavy atom. The molecule has 3 N–H and O–H groups in total. The molecule has 0 bridgehead atoms. The maximum Gasteiger partial charge on any atom is 0.485 e. The van der Waals surface area contributed by atoms with Gasteiger partial charge in [-0.25, -0.2) is 8.42 Å². The Morgan fingerprint density at radius 1 is 0.633 bits per heavy atom. The van der Waals surface area contributed by atoms with E-state index in [4.69, 9.17) is 13.0 Å². The van der Waals surface area contributed by atoms with E-state index in [0.717, 1.165) is 15.9 Å². The van der Waals surface area contributed by atoms with E-state index in [1.165, 1.54) is 0 Å². The molecule has 0 aromatic heterocycles. The lowest BCUT2D eigenvalue weighted by Crippen LogP contribution is -2.21. The summed E-state index contributed by atoms with van der Waals surface area (Å²) in [6, 6.07) is 21.6. The number of hydrogen-bond acceptors (Lipinski definition) is 6. The lowest BCUT2D eigenvalue weighted by atomic mass is 10.3. The summed E-state index contributed by atoms with van der Waals surface area (Å²) in [4.78, 5) is 0. The van der Waals surface area contributed by atoms with Gasteiger partial charge in [0.2, 0.25) is 0 Å². The Morgan fingerprint density at radius 3 is 1.00 bits per heavy atom. The molecule has 0 aliphatic heterocycles. The molecule has 11 heteroatoms. The van der Waals surface area contributed by atoms with Crippen LogP contribution in [-0.2, 0) is 10.1 Å². The number of phenols is 3. The van der Waals surface area contributed by atoms with Gasteiger partial charge in [0, 0.05) is 0 Å². The molecule has 3 aromatic carbocycles. The SMILES string of the molecule is O=S(=O)([O-])C(F)(F)F.Oc1ccc([PH+](c2ccc(O)cc2)c2ccc(O)cc2)cc1. The predicted molar refractivity (Wildman–Crippen MR) is 107 cm³/mol. The Labute approximate surface area is 171 Å². The highest BCUT2D eigenvalue weighted by atomic mass is 32.2. The van der Waals surface area contributed by atoms with Gasteiger partial charge in [0.1, 0.15) is 33.2 Å². The van der Waals surface area contributed by atoms with Crippen LogP contribution < -0.4 is 15.9 Å². The Balaban J connectivity index is 0.000000343. The number of benzene rings is 3. The second-order valence-electron chi connectivity index (χ2n) is 5.92. The number of phenolic OH excluding ortho intramolecular Hbond substituents is 3. The number of hydrogen-bond donors (Lipinski definition) is 3. The van der Waals surface area contributed by atoms with Crippen molar-refractivity contribution < 1.29 is 41.5 Å². The fraction of sp³-hybridized carbons (Fsp3) is 0.0526. The summed E-state index contributed by atoms with van der Waals surface area (Å²) in [7, 11) is -7.35. The average Bonchev–Trinajstić information content (AvgIpc) is 2.65. The van der Waals surface area contributed by atoms with Crippen molar-refractivity contribution in [2.24, 2.45) is 0 Å². The zero-order chi connectivity index (χ0) is 22.5. The Bertz CT molecular complexity index is 959. The van der Waals surface area contributed by atoms with Crippen molar-refractivity contribution in [2.75, 3.05) is 0 Å². The summed E-state index contributed by atoms with van der Waals surface area (Å²) in [5.41, 5.74) is -5.65. The third-order valence-corrected chi connectivity index (χ3v) is 7.05. The van der Waals surface area contributed by atoms with Gasteiger partial charge in [0.25, 0.3) is 0 Å². The van der Waals surface area contributed by atoms with Crippen LogP contribution in [0.25, 0.3) is 0 Å². The summed E-state index contributed by atoms with van der Waals surface area (Å²) in [6.07, 6.45) is 0. The molecule has 0 atom stereocenters. The Hall–Kier alpha value is -2.81. The minimum Gasteiger partial charge on any atom is -0.741 e. The van der Waals surface area contributed by atoms with Crippen LogP contribution in [0, 0.1) is 0 Å². The molecule has 160 valence electrons. The number of aromatic hydroxyl groups is 3. The summed E-state index contributed by atoms with van der Waals surface area (Å²) in [6.45, 7) is 0. The molecule has 6 nitrogen and oxygen atoms in total. The number of halogens is 3. The van der Waals surface area contributed by atoms with Crippen LogP contribution >= 0.6 is 7.92 Å². The van der Waals surface area contributed by atoms with Gasteiger partial charge < -0.3 is 19.9 Å². The monoisotopic (exact) mass is 460 g/mol. The van der Waals surface area contributed by atoms with E-state index in [1.54, 1.807) is 36.4 Å². The zero-order valence-electron chi connectivity index (χ0n) is 15.0. The van der Waals surface area contributed by atoms with Crippen molar-refractivity contribution in [1.82, 2.24) is 0 Å². The van der Waals surface area contributed by atoms with E-state index in [2.05, 4.69) is 0 Å². The summed E-state index contributed by atoms with van der Waals surface area (Å²) < 4.78 is 58.9. The number of alkyl halides is 3. The fourth-order valence-corrected chi connectivity index (χ4v) is 4.88. The molecule has 30 heavy (non-hydrogen) atoms. The standard InChI is InChI=1S/C18H15O3P.CHF3O3S/c19-13-1-7-16(8-2-13)22(17-9-3-14(20)4-10-17)18-11-5-15(21)6-12-18;2-1(3,4)8(5,6)7/h1-12,19-21H;(H,5,6,7). The van der Waals surface area contributed by atoms with Crippen LogP contribution in [0.1, 0.15) is 0 Å². The van der Waals surface area contributed by atoms with Crippen LogP contribution in [0.5, 0.6) is 17.2 Å². The second kappa shape index (κ2) is 9.34. The molecule has 0 radical (unpaired) electrons. The maximum atomic E-state index is 10.7. The van der Waals surface area contributed by atoms with Crippen molar-refractivity contribution in [3.63, 3.8) is 0 Å². The second-order valence-corrected chi connectivity index (χ2v) is 9.77. The molecule has 0 unspecified atom stereocenters. The first-order valence-corrected chi connectivity index (χ1v) is 11.1. The zero-order valence-corrected chi connectivity index (χ0v) is 16.9. The van der Waals surface area contributed by atoms with E-state index in [-0.39, 0.29) is 17.2 Å². The highest BCUT2D eigenvalue weighted by Gasteiger charge is 2.36. The predicted octanol–water partition coefficient (Wildman–Crippen LogP) is 2.35. The van der Waals surface area contributed by atoms with Crippen LogP contribution in [0.15, 0.2) is 72.8 Å². The molecular formula is C19H16F3O6PS. The van der Waals surface area contributed by atoms with Crippen molar-refractivity contribution in [1.29, 1.82) is 0 Å². The normalized spacial score (nSPS) is 11.6. The van der Waals surface area contributed by atoms with E-state index in [9.17, 15) is 28.5 Å². The molecule has 0 fully saturated rings. The maximum absolute atomic E-state index is 10.7. The summed E-state index contributed by atoms with van der Waals surface area (Å²) in [5, 5.41) is 31.9. The third-order valence-electron chi connectivity index (χ3n) is 3.75. The van der Waals surface area contributed by atoms with Crippen LogP contribution in [-0.4, -0.2) is 33.8 Å². The molecule has 3 rings (SSSR count). The quantitative estimate of drug-likeness (QED) is 0.314. The fourth-order valence-electron chi connectivity index (χ4n) is 2.38. The van der Waals surface area contributed by atoms with E-state index >= 15 is 0 Å². The molecule has 0 saturated carbocycles. The topological polar surface area (TPSA) is 118 Å². The van der Waals surface area contributed by atoms with Crippen LogP contribution in [0.2, 0.25) is 0 Å². The number of rotatable bonds is 3. The first-order chi connectivity index (χ1) is 13.9. The smallest absolute Gasteiger partial charge is 0.485 e. The van der Waals surface area contributed by atoms with E-state index < -0.39 is 23.5 Å². The summed E-state index contributed by atoms with van der Waals surface area (Å²) >= 11 is 0. The molecule has 0 amide bonds. The van der Waals surface area contributed by atoms with Gasteiger partial charge in [-0.15, -0.1) is 0 Å². The van der Waals surface area contributed by atoms with Gasteiger partial charge in [-0.2, -0.15) is 13.2 Å². The molecule has 0 saturated heterocycles. The molecule has 0 aliphatic rings. The van der Waals surface area contributed by atoms with Gasteiger partial charge in [-0.1, -0.05) is 0 Å². The lowest BCUT2D eigenvalue weighted by Gasteiger charge is -2.11. The van der Waals surface area contributed by atoms with Crippen molar-refractivity contribution in [2.45, 2.75) is 5.51 Å². The first-order valence-electron chi connectivity index (χ1n) is 8.16. The van der Waals surface area contributed by atoms with Crippen molar-refractivity contribution in [3.05, 3.63) is 72.8 Å². The highest BCUT2D eigenvalue weighted by molar-refractivity contribution is 7.86. The molecule has 0 heterocycles. The Kier molecular flexibility index (Phi) is 7.30. The van der Waals surface area contributed by atoms with Crippen LogP contribution in [0.4, 0.5) is 13.2 Å². The van der Waals surface area contributed by atoms with Gasteiger partial charge >= 0.3 is 5.51 Å². The highest BCUT2D eigenvalue weighted by Crippen LogP contribution is 2.34. The van der Waals surface area contributed by atoms with Crippen LogP contribution in [0.3, 0.4) is 0 Å². The third kappa shape index (κ3) is 6.35. The summed E-state index contributed by atoms with van der Waals surface area (Å²) in [5.74, 6) is 0.713. The lowest BCUT2D eigenvalue weighted by molar-refractivity contribution is -0.0517. The van der Waals surface area contributed by atoms with E-state index in [1.807, 2.05) is 36.4 Å². The van der Waals surface area contributed by atoms with E-state index in [0.29, 0.717) is 0 Å². The average molecular weight is 460 g/mol. The van der Waals surface area contributed by atoms with Gasteiger partial charge in [-0.3, -0.25) is 0 Å². The van der Waals surface area contributed by atoms with Crippen molar-refractivity contribution >= 4 is 34.0 Å². The molecule has 0 aliphatic carbocycles. The molecular weight excluding hydrogens is 444 g/mol. The van der Waals surface area contributed by atoms with Gasteiger partial charge in [0.05, 0.1) is 7.92 Å². The first kappa shape index (κ1) is 23.5. The van der Waals surface area contributed by atoms with Crippen molar-refractivity contribution in [3.8, 4) is 17.2 Å². The van der Waals surface area contributed by atoms with Gasteiger partial charge in [0.15, 0.2) is 10.1 Å². The molecule has 3 aromatic rings. The minimum absolute atomic E-state index is 0.238.